The standard InChI is InChI=1S/C18H20F3N3O3S2/c1-2-8-24-15(25)13-11-5-3-4-6-12(11)29-14(13)23-16(24)28-9-7-22-17(26)27-10-18(19,20)21/h2H,1,3-10H2,(H,22,26). The zero-order valence-electron chi connectivity index (χ0n) is 15.5. The Morgan fingerprint density at radius 1 is 1.38 bits per heavy atom. The molecule has 1 aliphatic rings. The molecule has 2 heterocycles. The topological polar surface area (TPSA) is 73.2 Å². The van der Waals surface area contributed by atoms with Crippen molar-refractivity contribution in [1.29, 1.82) is 0 Å². The number of carbonyl (C=O) groups is 1. The van der Waals surface area contributed by atoms with Gasteiger partial charge in [-0.1, -0.05) is 17.8 Å². The molecule has 0 radical (unpaired) electrons. The van der Waals surface area contributed by atoms with Gasteiger partial charge in [-0.15, -0.1) is 17.9 Å². The van der Waals surface area contributed by atoms with Crippen LogP contribution in [0.4, 0.5) is 18.0 Å². The second-order valence-electron chi connectivity index (χ2n) is 6.46. The monoisotopic (exact) mass is 447 g/mol. The number of hydrogen-bond acceptors (Lipinski definition) is 6. The summed E-state index contributed by atoms with van der Waals surface area (Å²) >= 11 is 2.79. The van der Waals surface area contributed by atoms with Gasteiger partial charge in [0.15, 0.2) is 11.8 Å². The number of amides is 1. The summed E-state index contributed by atoms with van der Waals surface area (Å²) in [5.41, 5.74) is 1.01. The molecule has 0 aromatic carbocycles. The molecule has 11 heteroatoms. The number of halogens is 3. The summed E-state index contributed by atoms with van der Waals surface area (Å²) in [5.74, 6) is 0.321. The second-order valence-corrected chi connectivity index (χ2v) is 8.60. The maximum absolute atomic E-state index is 13.1. The van der Waals surface area contributed by atoms with Crippen LogP contribution < -0.4 is 10.9 Å². The van der Waals surface area contributed by atoms with Crippen molar-refractivity contribution in [3.63, 3.8) is 0 Å². The Hall–Kier alpha value is -2.01. The van der Waals surface area contributed by atoms with E-state index in [0.717, 1.165) is 31.2 Å². The van der Waals surface area contributed by atoms with Crippen molar-refractivity contribution in [2.24, 2.45) is 0 Å². The number of nitrogens with one attached hydrogen (secondary N) is 1. The minimum atomic E-state index is -4.56. The summed E-state index contributed by atoms with van der Waals surface area (Å²) in [6.45, 7) is 2.44. The molecule has 0 saturated carbocycles. The van der Waals surface area contributed by atoms with Crippen LogP contribution in [0, 0.1) is 0 Å². The number of aromatic nitrogens is 2. The summed E-state index contributed by atoms with van der Waals surface area (Å²) < 4.78 is 41.7. The Balaban J connectivity index is 1.70. The number of allylic oxidation sites excluding steroid dienone is 1. The first-order valence-corrected chi connectivity index (χ1v) is 10.9. The molecule has 29 heavy (non-hydrogen) atoms. The summed E-state index contributed by atoms with van der Waals surface area (Å²) in [5, 5.41) is 3.43. The Morgan fingerprint density at radius 2 is 2.14 bits per heavy atom. The molecule has 6 nitrogen and oxygen atoms in total. The van der Waals surface area contributed by atoms with Gasteiger partial charge in [-0.25, -0.2) is 9.78 Å². The van der Waals surface area contributed by atoms with Crippen molar-refractivity contribution < 1.29 is 22.7 Å². The molecule has 0 fully saturated rings. The van der Waals surface area contributed by atoms with Crippen molar-refractivity contribution >= 4 is 39.4 Å². The van der Waals surface area contributed by atoms with Crippen molar-refractivity contribution in [3.05, 3.63) is 33.4 Å². The van der Waals surface area contributed by atoms with Crippen molar-refractivity contribution in [2.45, 2.75) is 43.6 Å². The van der Waals surface area contributed by atoms with E-state index in [1.165, 1.54) is 16.6 Å². The van der Waals surface area contributed by atoms with Crippen LogP contribution in [-0.2, 0) is 24.1 Å². The highest BCUT2D eigenvalue weighted by atomic mass is 32.2. The largest absolute Gasteiger partial charge is 0.440 e. The molecule has 3 rings (SSSR count). The third kappa shape index (κ3) is 5.33. The molecule has 158 valence electrons. The summed E-state index contributed by atoms with van der Waals surface area (Å²) in [6.07, 6.45) is -0.0670. The third-order valence-corrected chi connectivity index (χ3v) is 6.48. The molecule has 2 aromatic rings. The SMILES string of the molecule is C=CCn1c(SCCNC(=O)OCC(F)(F)F)nc2sc3c(c2c1=O)CCCC3. The van der Waals surface area contributed by atoms with E-state index in [1.807, 2.05) is 0 Å². The van der Waals surface area contributed by atoms with Crippen LogP contribution in [0.25, 0.3) is 10.2 Å². The first-order valence-electron chi connectivity index (χ1n) is 9.06. The fourth-order valence-electron chi connectivity index (χ4n) is 3.11. The zero-order chi connectivity index (χ0) is 21.0. The van der Waals surface area contributed by atoms with E-state index >= 15 is 0 Å². The highest BCUT2D eigenvalue weighted by Crippen LogP contribution is 2.34. The molecule has 1 aliphatic carbocycles. The van der Waals surface area contributed by atoms with Crippen molar-refractivity contribution in [3.8, 4) is 0 Å². The molecule has 0 aliphatic heterocycles. The number of hydrogen-bond donors (Lipinski definition) is 1. The Bertz CT molecular complexity index is 969. The second kappa shape index (κ2) is 9.21. The lowest BCUT2D eigenvalue weighted by molar-refractivity contribution is -0.160. The molecule has 0 saturated heterocycles. The number of thioether (sulfide) groups is 1. The summed E-state index contributed by atoms with van der Waals surface area (Å²) in [4.78, 5) is 30.9. The van der Waals surface area contributed by atoms with E-state index in [2.05, 4.69) is 21.6 Å². The smallest absolute Gasteiger partial charge is 0.422 e. The summed E-state index contributed by atoms with van der Waals surface area (Å²) in [6, 6.07) is 0. The lowest BCUT2D eigenvalue weighted by Crippen LogP contribution is -2.30. The molecule has 0 bridgehead atoms. The third-order valence-electron chi connectivity index (χ3n) is 4.32. The molecule has 1 amide bonds. The van der Waals surface area contributed by atoms with Gasteiger partial charge in [-0.2, -0.15) is 13.2 Å². The molecule has 1 N–H and O–H groups in total. The number of thiophene rings is 1. The number of rotatable bonds is 7. The van der Waals surface area contributed by atoms with Crippen molar-refractivity contribution in [1.82, 2.24) is 14.9 Å². The van der Waals surface area contributed by atoms with Gasteiger partial charge in [0.25, 0.3) is 5.56 Å². The van der Waals surface area contributed by atoms with E-state index < -0.39 is 18.9 Å². The molecular formula is C18H20F3N3O3S2. The van der Waals surface area contributed by atoms with Gasteiger partial charge in [-0.05, 0) is 31.2 Å². The fraction of sp³-hybridized carbons (Fsp3) is 0.500. The van der Waals surface area contributed by atoms with Crippen LogP contribution in [-0.4, -0.2) is 40.7 Å². The van der Waals surface area contributed by atoms with Crippen LogP contribution in [0.3, 0.4) is 0 Å². The average Bonchev–Trinajstić information content (AvgIpc) is 3.04. The van der Waals surface area contributed by atoms with Crippen LogP contribution in [0.15, 0.2) is 22.6 Å². The predicted molar refractivity (Wildman–Crippen MR) is 107 cm³/mol. The number of alkyl halides is 3. The van der Waals surface area contributed by atoms with E-state index in [0.29, 0.717) is 27.7 Å². The van der Waals surface area contributed by atoms with Gasteiger partial charge in [0, 0.05) is 23.7 Å². The maximum Gasteiger partial charge on any atom is 0.422 e. The van der Waals surface area contributed by atoms with Gasteiger partial charge < -0.3 is 10.1 Å². The van der Waals surface area contributed by atoms with Crippen LogP contribution >= 0.6 is 23.1 Å². The lowest BCUT2D eigenvalue weighted by Gasteiger charge is -2.12. The first kappa shape index (κ1) is 21.7. The average molecular weight is 448 g/mol. The van der Waals surface area contributed by atoms with Gasteiger partial charge in [0.2, 0.25) is 0 Å². The zero-order valence-corrected chi connectivity index (χ0v) is 17.1. The van der Waals surface area contributed by atoms with Gasteiger partial charge in [0.05, 0.1) is 5.39 Å². The minimum absolute atomic E-state index is 0.0737. The highest BCUT2D eigenvalue weighted by molar-refractivity contribution is 7.99. The quantitative estimate of drug-likeness (QED) is 0.302. The fourth-order valence-corrected chi connectivity index (χ4v) is 5.28. The maximum atomic E-state index is 13.1. The predicted octanol–water partition coefficient (Wildman–Crippen LogP) is 3.90. The van der Waals surface area contributed by atoms with Crippen LogP contribution in [0.1, 0.15) is 23.3 Å². The number of fused-ring (bicyclic) bond motifs is 3. The molecule has 0 atom stereocenters. The van der Waals surface area contributed by atoms with Crippen LogP contribution in [0.2, 0.25) is 0 Å². The number of nitrogens with zero attached hydrogens (tertiary/aromatic N) is 2. The molecule has 0 unspecified atom stereocenters. The van der Waals surface area contributed by atoms with Gasteiger partial charge >= 0.3 is 12.3 Å². The summed E-state index contributed by atoms with van der Waals surface area (Å²) in [7, 11) is 0. The number of carbonyl (C=O) groups excluding carboxylic acids is 1. The van der Waals surface area contributed by atoms with Crippen LogP contribution in [0.5, 0.6) is 0 Å². The molecule has 0 spiro atoms. The van der Waals surface area contributed by atoms with Gasteiger partial charge in [0.1, 0.15) is 4.83 Å². The lowest BCUT2D eigenvalue weighted by atomic mass is 9.97. The van der Waals surface area contributed by atoms with E-state index in [9.17, 15) is 22.8 Å². The molecule has 2 aromatic heterocycles. The molecular weight excluding hydrogens is 427 g/mol. The highest BCUT2D eigenvalue weighted by Gasteiger charge is 2.29. The first-order chi connectivity index (χ1) is 13.8. The number of alkyl carbamates (subject to hydrolysis) is 1. The van der Waals surface area contributed by atoms with E-state index in [1.54, 1.807) is 22.0 Å². The Kier molecular flexibility index (Phi) is 6.89. The Morgan fingerprint density at radius 3 is 2.86 bits per heavy atom. The van der Waals surface area contributed by atoms with E-state index in [-0.39, 0.29) is 12.1 Å². The van der Waals surface area contributed by atoms with Crippen molar-refractivity contribution in [2.75, 3.05) is 18.9 Å². The Labute approximate surface area is 173 Å². The number of aryl methyl sites for hydroxylation is 2. The van der Waals surface area contributed by atoms with Gasteiger partial charge in [-0.3, -0.25) is 9.36 Å². The minimum Gasteiger partial charge on any atom is -0.440 e. The number of ether oxygens (including phenoxy) is 1. The normalized spacial score (nSPS) is 13.9. The van der Waals surface area contributed by atoms with E-state index in [4.69, 9.17) is 0 Å².